The van der Waals surface area contributed by atoms with Gasteiger partial charge in [0, 0.05) is 11.3 Å². The van der Waals surface area contributed by atoms with E-state index in [9.17, 15) is 9.59 Å². The topological polar surface area (TPSA) is 43.4 Å². The second-order valence-electron chi connectivity index (χ2n) is 4.12. The van der Waals surface area contributed by atoms with Gasteiger partial charge in [0.1, 0.15) is 0 Å². The molecule has 0 saturated heterocycles. The molecule has 0 spiro atoms. The number of esters is 1. The van der Waals surface area contributed by atoms with E-state index in [0.29, 0.717) is 16.9 Å². The van der Waals surface area contributed by atoms with Crippen LogP contribution in [0.15, 0.2) is 59.5 Å². The van der Waals surface area contributed by atoms with Gasteiger partial charge in [0.05, 0.1) is 12.7 Å². The highest BCUT2D eigenvalue weighted by molar-refractivity contribution is 8.13. The lowest BCUT2D eigenvalue weighted by atomic mass is 10.2. The maximum absolute atomic E-state index is 12.1. The number of ether oxygens (including phenoxy) is 1. The second kappa shape index (κ2) is 6.91. The van der Waals surface area contributed by atoms with E-state index >= 15 is 0 Å². The van der Waals surface area contributed by atoms with Crippen LogP contribution in [0, 0.1) is 0 Å². The van der Waals surface area contributed by atoms with Gasteiger partial charge in [-0.1, -0.05) is 54.2 Å². The van der Waals surface area contributed by atoms with Crippen molar-refractivity contribution in [3.63, 3.8) is 0 Å². The van der Waals surface area contributed by atoms with Crippen molar-refractivity contribution in [2.24, 2.45) is 0 Å². The number of rotatable bonds is 4. The lowest BCUT2D eigenvalue weighted by molar-refractivity contribution is -0.110. The van der Waals surface area contributed by atoms with Crippen molar-refractivity contribution in [1.29, 1.82) is 0 Å². The number of hydrogen-bond donors (Lipinski definition) is 0. The predicted molar refractivity (Wildman–Crippen MR) is 78.8 cm³/mol. The summed E-state index contributed by atoms with van der Waals surface area (Å²) in [5.74, 6) is -0.430. The van der Waals surface area contributed by atoms with Crippen LogP contribution < -0.4 is 0 Å². The van der Waals surface area contributed by atoms with Gasteiger partial charge in [-0.15, -0.1) is 0 Å². The summed E-state index contributed by atoms with van der Waals surface area (Å²) in [6.07, 6.45) is 0.334. The van der Waals surface area contributed by atoms with Crippen LogP contribution in [0.3, 0.4) is 0 Å². The Morgan fingerprint density at radius 1 is 1.00 bits per heavy atom. The van der Waals surface area contributed by atoms with E-state index in [0.717, 1.165) is 17.3 Å². The first kappa shape index (κ1) is 14.3. The van der Waals surface area contributed by atoms with E-state index in [-0.39, 0.29) is 5.12 Å². The third kappa shape index (κ3) is 3.71. The minimum absolute atomic E-state index is 0.00690. The molecule has 0 atom stereocenters. The van der Waals surface area contributed by atoms with E-state index in [2.05, 4.69) is 0 Å². The SMILES string of the molecule is COC(=O)c1ccccc1SC(=O)Cc1ccccc1. The van der Waals surface area contributed by atoms with Crippen molar-refractivity contribution >= 4 is 22.8 Å². The average molecular weight is 286 g/mol. The smallest absolute Gasteiger partial charge is 0.339 e. The molecule has 0 heterocycles. The van der Waals surface area contributed by atoms with Crippen molar-refractivity contribution in [2.75, 3.05) is 7.11 Å². The van der Waals surface area contributed by atoms with Crippen LogP contribution in [-0.4, -0.2) is 18.2 Å². The van der Waals surface area contributed by atoms with E-state index in [4.69, 9.17) is 4.74 Å². The van der Waals surface area contributed by atoms with Crippen LogP contribution in [0.4, 0.5) is 0 Å². The second-order valence-corrected chi connectivity index (χ2v) is 5.22. The molecule has 0 unspecified atom stereocenters. The van der Waals surface area contributed by atoms with Gasteiger partial charge in [-0.25, -0.2) is 4.79 Å². The molecule has 2 aromatic rings. The third-order valence-corrected chi connectivity index (χ3v) is 3.66. The zero-order valence-electron chi connectivity index (χ0n) is 11.0. The van der Waals surface area contributed by atoms with Crippen molar-refractivity contribution in [2.45, 2.75) is 11.3 Å². The Kier molecular flexibility index (Phi) is 4.96. The summed E-state index contributed by atoms with van der Waals surface area (Å²) >= 11 is 1.07. The van der Waals surface area contributed by atoms with Gasteiger partial charge in [0.15, 0.2) is 5.12 Å². The molecule has 20 heavy (non-hydrogen) atoms. The van der Waals surface area contributed by atoms with Crippen LogP contribution in [0.25, 0.3) is 0 Å². The molecule has 0 radical (unpaired) electrons. The van der Waals surface area contributed by atoms with Crippen molar-refractivity contribution in [3.8, 4) is 0 Å². The molecule has 0 fully saturated rings. The van der Waals surface area contributed by atoms with Gasteiger partial charge in [-0.05, 0) is 17.7 Å². The van der Waals surface area contributed by atoms with Crippen molar-refractivity contribution < 1.29 is 14.3 Å². The van der Waals surface area contributed by atoms with Crippen LogP contribution in [-0.2, 0) is 16.0 Å². The molecule has 0 aromatic heterocycles. The summed E-state index contributed by atoms with van der Waals surface area (Å²) in [7, 11) is 1.33. The van der Waals surface area contributed by atoms with Gasteiger partial charge >= 0.3 is 5.97 Å². The number of thioether (sulfide) groups is 1. The normalized spacial score (nSPS) is 10.1. The van der Waals surface area contributed by atoms with Crippen LogP contribution >= 0.6 is 11.8 Å². The highest BCUT2D eigenvalue weighted by Crippen LogP contribution is 2.25. The monoisotopic (exact) mass is 286 g/mol. The molecule has 0 N–H and O–H groups in total. The maximum Gasteiger partial charge on any atom is 0.339 e. The molecule has 4 heteroatoms. The Balaban J connectivity index is 2.10. The maximum atomic E-state index is 12.1. The van der Waals surface area contributed by atoms with Gasteiger partial charge in [0.2, 0.25) is 0 Å². The van der Waals surface area contributed by atoms with E-state index in [1.54, 1.807) is 24.3 Å². The molecule has 3 nitrogen and oxygen atoms in total. The predicted octanol–water partition coefficient (Wildman–Crippen LogP) is 3.33. The fourth-order valence-corrected chi connectivity index (χ4v) is 2.65. The molecule has 0 aliphatic rings. The Morgan fingerprint density at radius 2 is 1.65 bits per heavy atom. The first-order chi connectivity index (χ1) is 9.70. The molecule has 0 bridgehead atoms. The van der Waals surface area contributed by atoms with Gasteiger partial charge in [-0.2, -0.15) is 0 Å². The fraction of sp³-hybridized carbons (Fsp3) is 0.125. The molecule has 0 saturated carbocycles. The van der Waals surface area contributed by atoms with Crippen LogP contribution in [0.2, 0.25) is 0 Å². The molecule has 0 amide bonds. The minimum atomic E-state index is -0.430. The number of benzene rings is 2. The Labute approximate surface area is 122 Å². The Morgan fingerprint density at radius 3 is 2.35 bits per heavy atom. The Bertz CT molecular complexity index is 608. The standard InChI is InChI=1S/C16H14O3S/c1-19-16(18)13-9-5-6-10-14(13)20-15(17)11-12-7-3-2-4-8-12/h2-10H,11H2,1H3. The summed E-state index contributed by atoms with van der Waals surface area (Å²) < 4.78 is 4.71. The average Bonchev–Trinajstić information content (AvgIpc) is 2.48. The van der Waals surface area contributed by atoms with Crippen LogP contribution in [0.5, 0.6) is 0 Å². The largest absolute Gasteiger partial charge is 0.465 e. The van der Waals surface area contributed by atoms with Crippen molar-refractivity contribution in [1.82, 2.24) is 0 Å². The lowest BCUT2D eigenvalue weighted by Gasteiger charge is -2.06. The quantitative estimate of drug-likeness (QED) is 0.638. The first-order valence-electron chi connectivity index (χ1n) is 6.12. The highest BCUT2D eigenvalue weighted by Gasteiger charge is 2.14. The molecule has 2 rings (SSSR count). The fourth-order valence-electron chi connectivity index (χ4n) is 1.76. The molecular formula is C16H14O3S. The molecule has 2 aromatic carbocycles. The summed E-state index contributed by atoms with van der Waals surface area (Å²) in [5.41, 5.74) is 1.38. The Hall–Kier alpha value is -2.07. The zero-order valence-corrected chi connectivity index (χ0v) is 11.9. The van der Waals surface area contributed by atoms with Gasteiger partial charge < -0.3 is 4.74 Å². The third-order valence-electron chi connectivity index (χ3n) is 2.71. The molecule has 102 valence electrons. The molecular weight excluding hydrogens is 272 g/mol. The van der Waals surface area contributed by atoms with E-state index < -0.39 is 5.97 Å². The summed E-state index contributed by atoms with van der Waals surface area (Å²) in [6, 6.07) is 16.5. The van der Waals surface area contributed by atoms with E-state index in [1.165, 1.54) is 7.11 Å². The number of carbonyl (C=O) groups is 2. The van der Waals surface area contributed by atoms with Crippen molar-refractivity contribution in [3.05, 3.63) is 65.7 Å². The number of methoxy groups -OCH3 is 1. The first-order valence-corrected chi connectivity index (χ1v) is 6.94. The van der Waals surface area contributed by atoms with E-state index in [1.807, 2.05) is 30.3 Å². The number of hydrogen-bond acceptors (Lipinski definition) is 4. The highest BCUT2D eigenvalue weighted by atomic mass is 32.2. The zero-order chi connectivity index (χ0) is 14.4. The van der Waals surface area contributed by atoms with Gasteiger partial charge in [0.25, 0.3) is 0 Å². The minimum Gasteiger partial charge on any atom is -0.465 e. The number of carbonyl (C=O) groups excluding carboxylic acids is 2. The van der Waals surface area contributed by atoms with Crippen LogP contribution in [0.1, 0.15) is 15.9 Å². The van der Waals surface area contributed by atoms with Gasteiger partial charge in [-0.3, -0.25) is 4.79 Å². The summed E-state index contributed by atoms with van der Waals surface area (Å²) in [5, 5.41) is -0.00690. The molecule has 0 aliphatic heterocycles. The lowest BCUT2D eigenvalue weighted by Crippen LogP contribution is -2.05. The summed E-state index contributed by atoms with van der Waals surface area (Å²) in [6.45, 7) is 0. The summed E-state index contributed by atoms with van der Waals surface area (Å²) in [4.78, 5) is 24.3. The molecule has 0 aliphatic carbocycles.